The van der Waals surface area contributed by atoms with E-state index in [9.17, 15) is 9.59 Å². The minimum Gasteiger partial charge on any atom is -0.378 e. The maximum absolute atomic E-state index is 13.3. The summed E-state index contributed by atoms with van der Waals surface area (Å²) in [6.45, 7) is 7.18. The number of carbonyl (C=O) groups excluding carboxylic acids is 1. The van der Waals surface area contributed by atoms with Crippen LogP contribution in [0.25, 0.3) is 21.3 Å². The number of aryl methyl sites for hydroxylation is 2. The van der Waals surface area contributed by atoms with Crippen molar-refractivity contribution in [2.75, 3.05) is 36.5 Å². The number of hydrogen-bond donors (Lipinski definition) is 1. The van der Waals surface area contributed by atoms with Crippen LogP contribution in [-0.4, -0.2) is 41.8 Å². The Morgan fingerprint density at radius 1 is 1.09 bits per heavy atom. The molecule has 4 aromatic rings. The molecule has 1 fully saturated rings. The third-order valence-corrected chi connectivity index (χ3v) is 7.11. The van der Waals surface area contributed by atoms with Crippen LogP contribution in [0.3, 0.4) is 0 Å². The lowest BCUT2D eigenvalue weighted by molar-refractivity contribution is -0.116. The van der Waals surface area contributed by atoms with Gasteiger partial charge in [0.2, 0.25) is 5.91 Å². The molecule has 1 amide bonds. The van der Waals surface area contributed by atoms with E-state index in [1.807, 2.05) is 35.7 Å². The SMILES string of the molecule is Cc1ccc(-c2csc3ncn(CC(=O)Nc4ccc(N5CCOCC5)cc4)c(=O)c23)cc1C. The summed E-state index contributed by atoms with van der Waals surface area (Å²) in [7, 11) is 0. The fraction of sp³-hybridized carbons (Fsp3) is 0.269. The van der Waals surface area contributed by atoms with Gasteiger partial charge in [-0.05, 0) is 54.8 Å². The van der Waals surface area contributed by atoms with E-state index in [2.05, 4.69) is 41.2 Å². The first-order valence-corrected chi connectivity index (χ1v) is 12.1. The number of ether oxygens (including phenoxy) is 1. The van der Waals surface area contributed by atoms with Gasteiger partial charge in [-0.3, -0.25) is 14.2 Å². The number of anilines is 2. The summed E-state index contributed by atoms with van der Waals surface area (Å²) in [5.74, 6) is -0.273. The summed E-state index contributed by atoms with van der Waals surface area (Å²) in [6, 6.07) is 13.9. The minimum atomic E-state index is -0.273. The second-order valence-electron chi connectivity index (χ2n) is 8.50. The maximum atomic E-state index is 13.3. The Morgan fingerprint density at radius 3 is 2.59 bits per heavy atom. The first kappa shape index (κ1) is 22.3. The summed E-state index contributed by atoms with van der Waals surface area (Å²) < 4.78 is 6.77. The van der Waals surface area contributed by atoms with Gasteiger partial charge in [0.05, 0.1) is 24.9 Å². The van der Waals surface area contributed by atoms with Gasteiger partial charge in [-0.25, -0.2) is 4.98 Å². The number of fused-ring (bicyclic) bond motifs is 1. The smallest absolute Gasteiger partial charge is 0.263 e. The molecule has 0 saturated carbocycles. The van der Waals surface area contributed by atoms with E-state index in [1.165, 1.54) is 33.4 Å². The van der Waals surface area contributed by atoms with E-state index in [0.29, 0.717) is 15.9 Å². The summed E-state index contributed by atoms with van der Waals surface area (Å²) in [6.07, 6.45) is 1.45. The first-order valence-electron chi connectivity index (χ1n) is 11.3. The lowest BCUT2D eigenvalue weighted by Crippen LogP contribution is -2.36. The van der Waals surface area contributed by atoms with Gasteiger partial charge < -0.3 is 15.0 Å². The summed E-state index contributed by atoms with van der Waals surface area (Å²) in [4.78, 5) is 33.4. The molecule has 1 saturated heterocycles. The highest BCUT2D eigenvalue weighted by Gasteiger charge is 2.16. The standard InChI is InChI=1S/C26H26N4O3S/c1-17-3-4-19(13-18(17)2)22-15-34-25-24(22)26(32)30(16-27-25)14-23(31)28-20-5-7-21(8-6-20)29-9-11-33-12-10-29/h3-8,13,15-16H,9-12,14H2,1-2H3,(H,28,31). The molecule has 0 bridgehead atoms. The third-order valence-electron chi connectivity index (χ3n) is 6.22. The second kappa shape index (κ2) is 9.40. The molecular formula is C26H26N4O3S. The Labute approximate surface area is 201 Å². The molecule has 2 aromatic heterocycles. The van der Waals surface area contributed by atoms with Crippen molar-refractivity contribution in [2.24, 2.45) is 0 Å². The molecule has 34 heavy (non-hydrogen) atoms. The fourth-order valence-corrected chi connectivity index (χ4v) is 5.04. The number of hydrogen-bond acceptors (Lipinski definition) is 6. The fourth-order valence-electron chi connectivity index (χ4n) is 4.13. The third kappa shape index (κ3) is 4.47. The van der Waals surface area contributed by atoms with Crippen molar-refractivity contribution in [3.63, 3.8) is 0 Å². The second-order valence-corrected chi connectivity index (χ2v) is 9.36. The van der Waals surface area contributed by atoms with E-state index in [0.717, 1.165) is 43.1 Å². The van der Waals surface area contributed by atoms with Crippen LogP contribution in [0.2, 0.25) is 0 Å². The molecule has 0 unspecified atom stereocenters. The molecule has 0 aliphatic carbocycles. The Bertz CT molecular complexity index is 1400. The van der Waals surface area contributed by atoms with Crippen LogP contribution < -0.4 is 15.8 Å². The number of carbonyl (C=O) groups is 1. The lowest BCUT2D eigenvalue weighted by Gasteiger charge is -2.28. The van der Waals surface area contributed by atoms with Gasteiger partial charge in [0, 0.05) is 35.4 Å². The number of benzene rings is 2. The normalized spacial score (nSPS) is 13.9. The summed E-state index contributed by atoms with van der Waals surface area (Å²) >= 11 is 1.44. The van der Waals surface area contributed by atoms with Gasteiger partial charge in [0.25, 0.3) is 5.56 Å². The Balaban J connectivity index is 1.34. The number of nitrogens with one attached hydrogen (secondary N) is 1. The van der Waals surface area contributed by atoms with E-state index >= 15 is 0 Å². The quantitative estimate of drug-likeness (QED) is 0.469. The number of aromatic nitrogens is 2. The molecule has 7 nitrogen and oxygen atoms in total. The molecule has 1 N–H and O–H groups in total. The highest BCUT2D eigenvalue weighted by molar-refractivity contribution is 7.17. The van der Waals surface area contributed by atoms with E-state index in [1.54, 1.807) is 0 Å². The molecule has 0 atom stereocenters. The van der Waals surface area contributed by atoms with Crippen LogP contribution >= 0.6 is 11.3 Å². The van der Waals surface area contributed by atoms with Crippen molar-refractivity contribution < 1.29 is 9.53 Å². The van der Waals surface area contributed by atoms with E-state index in [-0.39, 0.29) is 18.0 Å². The maximum Gasteiger partial charge on any atom is 0.263 e. The average Bonchev–Trinajstić information content (AvgIpc) is 3.29. The van der Waals surface area contributed by atoms with Gasteiger partial charge in [0.15, 0.2) is 0 Å². The Hall–Kier alpha value is -3.49. The molecular weight excluding hydrogens is 448 g/mol. The molecule has 0 spiro atoms. The predicted molar refractivity (Wildman–Crippen MR) is 137 cm³/mol. The monoisotopic (exact) mass is 474 g/mol. The van der Waals surface area contributed by atoms with Crippen molar-refractivity contribution >= 4 is 38.8 Å². The molecule has 2 aromatic carbocycles. The van der Waals surface area contributed by atoms with Gasteiger partial charge in [-0.2, -0.15) is 0 Å². The van der Waals surface area contributed by atoms with Gasteiger partial charge in [0.1, 0.15) is 11.4 Å². The van der Waals surface area contributed by atoms with Crippen LogP contribution in [0.1, 0.15) is 11.1 Å². The van der Waals surface area contributed by atoms with Gasteiger partial charge >= 0.3 is 0 Å². The van der Waals surface area contributed by atoms with Crippen molar-refractivity contribution in [3.8, 4) is 11.1 Å². The average molecular weight is 475 g/mol. The molecule has 8 heteroatoms. The van der Waals surface area contributed by atoms with Gasteiger partial charge in [-0.1, -0.05) is 18.2 Å². The first-order chi connectivity index (χ1) is 16.5. The summed E-state index contributed by atoms with van der Waals surface area (Å²) in [5.41, 5.74) is 5.79. The predicted octanol–water partition coefficient (Wildman–Crippen LogP) is 4.22. The van der Waals surface area contributed by atoms with E-state index < -0.39 is 0 Å². The zero-order chi connectivity index (χ0) is 23.7. The molecule has 174 valence electrons. The summed E-state index contributed by atoms with van der Waals surface area (Å²) in [5, 5.41) is 5.40. The number of morpholine rings is 1. The largest absolute Gasteiger partial charge is 0.378 e. The number of rotatable bonds is 5. The highest BCUT2D eigenvalue weighted by Crippen LogP contribution is 2.31. The zero-order valence-electron chi connectivity index (χ0n) is 19.2. The Morgan fingerprint density at radius 2 is 1.85 bits per heavy atom. The molecule has 3 heterocycles. The Kier molecular flexibility index (Phi) is 6.17. The molecule has 1 aliphatic rings. The van der Waals surface area contributed by atoms with Crippen molar-refractivity contribution in [1.82, 2.24) is 9.55 Å². The lowest BCUT2D eigenvalue weighted by atomic mass is 10.0. The highest BCUT2D eigenvalue weighted by atomic mass is 32.1. The number of nitrogens with zero attached hydrogens (tertiary/aromatic N) is 3. The molecule has 0 radical (unpaired) electrons. The van der Waals surface area contributed by atoms with Crippen molar-refractivity contribution in [2.45, 2.75) is 20.4 Å². The number of amides is 1. The topological polar surface area (TPSA) is 76.5 Å². The minimum absolute atomic E-state index is 0.102. The van der Waals surface area contributed by atoms with Crippen molar-refractivity contribution in [3.05, 3.63) is 75.7 Å². The van der Waals surface area contributed by atoms with E-state index in [4.69, 9.17) is 4.74 Å². The number of thiophene rings is 1. The molecule has 5 rings (SSSR count). The van der Waals surface area contributed by atoms with Crippen LogP contribution in [0.5, 0.6) is 0 Å². The van der Waals surface area contributed by atoms with Crippen LogP contribution in [-0.2, 0) is 16.1 Å². The van der Waals surface area contributed by atoms with Crippen LogP contribution in [0.4, 0.5) is 11.4 Å². The molecule has 1 aliphatic heterocycles. The zero-order valence-corrected chi connectivity index (χ0v) is 20.0. The van der Waals surface area contributed by atoms with Crippen LogP contribution in [0, 0.1) is 13.8 Å². The van der Waals surface area contributed by atoms with Gasteiger partial charge in [-0.15, -0.1) is 11.3 Å². The van der Waals surface area contributed by atoms with Crippen LogP contribution in [0.15, 0.2) is 59.0 Å². The van der Waals surface area contributed by atoms with Crippen molar-refractivity contribution in [1.29, 1.82) is 0 Å².